The number of hydrogen-bond acceptors (Lipinski definition) is 3. The van der Waals surface area contributed by atoms with Gasteiger partial charge >= 0.3 is 0 Å². The lowest BCUT2D eigenvalue weighted by Crippen LogP contribution is -2.25. The number of anilines is 1. The predicted molar refractivity (Wildman–Crippen MR) is 74.5 cm³/mol. The molecule has 0 aliphatic rings. The normalized spacial score (nSPS) is 10.3. The average molecular weight is 261 g/mol. The molecule has 0 atom stereocenters. The number of phenols is 1. The third-order valence-corrected chi connectivity index (χ3v) is 3.98. The zero-order valence-corrected chi connectivity index (χ0v) is 11.2. The van der Waals surface area contributed by atoms with Crippen molar-refractivity contribution in [3.05, 3.63) is 46.2 Å². The third-order valence-electron chi connectivity index (χ3n) is 2.76. The Balaban J connectivity index is 2.20. The molecule has 0 aliphatic carbocycles. The van der Waals surface area contributed by atoms with Gasteiger partial charge in [-0.3, -0.25) is 4.79 Å². The van der Waals surface area contributed by atoms with Gasteiger partial charge in [0.2, 0.25) is 0 Å². The highest BCUT2D eigenvalue weighted by molar-refractivity contribution is 7.14. The maximum absolute atomic E-state index is 12.2. The van der Waals surface area contributed by atoms with Gasteiger partial charge in [0.1, 0.15) is 5.75 Å². The second-order valence-corrected chi connectivity index (χ2v) is 5.17. The number of carbonyl (C=O) groups is 1. The van der Waals surface area contributed by atoms with Crippen LogP contribution in [0.15, 0.2) is 36.4 Å². The van der Waals surface area contributed by atoms with Crippen LogP contribution in [0.1, 0.15) is 21.5 Å². The molecule has 3 nitrogen and oxygen atoms in total. The molecule has 0 spiro atoms. The van der Waals surface area contributed by atoms with E-state index in [0.717, 1.165) is 17.0 Å². The van der Waals surface area contributed by atoms with Gasteiger partial charge in [0.05, 0.1) is 4.88 Å². The summed E-state index contributed by atoms with van der Waals surface area (Å²) >= 11 is 1.53. The Hall–Kier alpha value is -1.81. The van der Waals surface area contributed by atoms with Gasteiger partial charge in [0.25, 0.3) is 5.91 Å². The SMILES string of the molecule is CCc1ccc(C(=O)N(C)c2ccc(O)cc2)s1. The minimum Gasteiger partial charge on any atom is -0.508 e. The lowest BCUT2D eigenvalue weighted by Gasteiger charge is -2.16. The standard InChI is InChI=1S/C14H15NO2S/c1-3-12-8-9-13(18-12)14(17)15(2)10-4-6-11(16)7-5-10/h4-9,16H,3H2,1-2H3. The van der Waals surface area contributed by atoms with E-state index in [1.165, 1.54) is 16.2 Å². The topological polar surface area (TPSA) is 40.5 Å². The lowest BCUT2D eigenvalue weighted by atomic mass is 10.2. The molecule has 1 amide bonds. The number of carbonyl (C=O) groups excluding carboxylic acids is 1. The molecule has 94 valence electrons. The van der Waals surface area contributed by atoms with E-state index in [2.05, 4.69) is 6.92 Å². The molecule has 0 saturated heterocycles. The van der Waals surface area contributed by atoms with Crippen LogP contribution in [-0.4, -0.2) is 18.1 Å². The zero-order chi connectivity index (χ0) is 13.1. The first-order valence-electron chi connectivity index (χ1n) is 5.77. The van der Waals surface area contributed by atoms with Gasteiger partial charge < -0.3 is 10.0 Å². The summed E-state index contributed by atoms with van der Waals surface area (Å²) in [5.41, 5.74) is 0.768. The number of nitrogens with zero attached hydrogens (tertiary/aromatic N) is 1. The van der Waals surface area contributed by atoms with Crippen LogP contribution in [0.4, 0.5) is 5.69 Å². The summed E-state index contributed by atoms with van der Waals surface area (Å²) in [5, 5.41) is 9.23. The van der Waals surface area contributed by atoms with Crippen molar-refractivity contribution in [3.63, 3.8) is 0 Å². The molecular formula is C14H15NO2S. The molecule has 18 heavy (non-hydrogen) atoms. The van der Waals surface area contributed by atoms with Gasteiger partial charge in [-0.15, -0.1) is 11.3 Å². The largest absolute Gasteiger partial charge is 0.508 e. The molecule has 0 saturated carbocycles. The first-order chi connectivity index (χ1) is 8.61. The molecule has 4 heteroatoms. The van der Waals surface area contributed by atoms with Crippen LogP contribution >= 0.6 is 11.3 Å². The maximum atomic E-state index is 12.2. The molecule has 0 bridgehead atoms. The van der Waals surface area contributed by atoms with Gasteiger partial charge in [-0.2, -0.15) is 0 Å². The van der Waals surface area contributed by atoms with E-state index in [-0.39, 0.29) is 11.7 Å². The van der Waals surface area contributed by atoms with Crippen LogP contribution in [0.2, 0.25) is 0 Å². The Bertz CT molecular complexity index is 545. The quantitative estimate of drug-likeness (QED) is 0.921. The average Bonchev–Trinajstić information content (AvgIpc) is 2.86. The van der Waals surface area contributed by atoms with Gasteiger partial charge in [-0.25, -0.2) is 0 Å². The highest BCUT2D eigenvalue weighted by Gasteiger charge is 2.15. The summed E-state index contributed by atoms with van der Waals surface area (Å²) in [6.07, 6.45) is 0.945. The van der Waals surface area contributed by atoms with Gasteiger partial charge in [0.15, 0.2) is 0 Å². The molecule has 1 heterocycles. The number of benzene rings is 1. The number of aryl methyl sites for hydroxylation is 1. The molecule has 0 radical (unpaired) electrons. The molecule has 1 aromatic heterocycles. The van der Waals surface area contributed by atoms with Crippen LogP contribution < -0.4 is 4.90 Å². The lowest BCUT2D eigenvalue weighted by molar-refractivity contribution is 0.0997. The second kappa shape index (κ2) is 5.23. The van der Waals surface area contributed by atoms with Crippen LogP contribution in [-0.2, 0) is 6.42 Å². The summed E-state index contributed by atoms with van der Waals surface area (Å²) in [6, 6.07) is 10.4. The highest BCUT2D eigenvalue weighted by atomic mass is 32.1. The second-order valence-electron chi connectivity index (χ2n) is 4.00. The highest BCUT2D eigenvalue weighted by Crippen LogP contribution is 2.22. The Morgan fingerprint density at radius 1 is 1.22 bits per heavy atom. The summed E-state index contributed by atoms with van der Waals surface area (Å²) in [6.45, 7) is 2.07. The fourth-order valence-electron chi connectivity index (χ4n) is 1.64. The first-order valence-corrected chi connectivity index (χ1v) is 6.59. The smallest absolute Gasteiger partial charge is 0.268 e. The first kappa shape index (κ1) is 12.6. The van der Waals surface area contributed by atoms with E-state index >= 15 is 0 Å². The maximum Gasteiger partial charge on any atom is 0.268 e. The van der Waals surface area contributed by atoms with Crippen LogP contribution in [0.5, 0.6) is 5.75 Å². The van der Waals surface area contributed by atoms with E-state index in [0.29, 0.717) is 0 Å². The predicted octanol–water partition coefficient (Wildman–Crippen LogP) is 3.29. The minimum absolute atomic E-state index is 0.0228. The molecule has 2 rings (SSSR count). The van der Waals surface area contributed by atoms with Crippen LogP contribution in [0.3, 0.4) is 0 Å². The van der Waals surface area contributed by atoms with Crippen molar-refractivity contribution in [3.8, 4) is 5.75 Å². The molecule has 1 aromatic carbocycles. The zero-order valence-electron chi connectivity index (χ0n) is 10.4. The van der Waals surface area contributed by atoms with Crippen molar-refractivity contribution in [1.29, 1.82) is 0 Å². The number of amides is 1. The van der Waals surface area contributed by atoms with Gasteiger partial charge in [0, 0.05) is 17.6 Å². The number of phenolic OH excluding ortho intramolecular Hbond substituents is 1. The van der Waals surface area contributed by atoms with Crippen LogP contribution in [0.25, 0.3) is 0 Å². The Morgan fingerprint density at radius 2 is 1.89 bits per heavy atom. The van der Waals surface area contributed by atoms with Crippen molar-refractivity contribution in [2.24, 2.45) is 0 Å². The van der Waals surface area contributed by atoms with E-state index < -0.39 is 0 Å². The summed E-state index contributed by atoms with van der Waals surface area (Å²) in [5.74, 6) is 0.175. The van der Waals surface area contributed by atoms with Crippen molar-refractivity contribution < 1.29 is 9.90 Å². The summed E-state index contributed by atoms with van der Waals surface area (Å²) < 4.78 is 0. The van der Waals surface area contributed by atoms with E-state index in [1.807, 2.05) is 12.1 Å². The number of hydrogen-bond donors (Lipinski definition) is 1. The van der Waals surface area contributed by atoms with Crippen LogP contribution in [0, 0.1) is 0 Å². The Labute approximate surface area is 110 Å². The van der Waals surface area contributed by atoms with E-state index in [9.17, 15) is 9.90 Å². The monoisotopic (exact) mass is 261 g/mol. The van der Waals surface area contributed by atoms with Crippen molar-refractivity contribution in [1.82, 2.24) is 0 Å². The molecule has 0 fully saturated rings. The molecule has 0 unspecified atom stereocenters. The Morgan fingerprint density at radius 3 is 2.44 bits per heavy atom. The van der Waals surface area contributed by atoms with E-state index in [4.69, 9.17) is 0 Å². The van der Waals surface area contributed by atoms with E-state index in [1.54, 1.807) is 36.2 Å². The number of aromatic hydroxyl groups is 1. The number of thiophene rings is 1. The molecule has 0 aliphatic heterocycles. The summed E-state index contributed by atoms with van der Waals surface area (Å²) in [4.78, 5) is 15.8. The van der Waals surface area contributed by atoms with Gasteiger partial charge in [-0.1, -0.05) is 6.92 Å². The number of rotatable bonds is 3. The van der Waals surface area contributed by atoms with Gasteiger partial charge in [-0.05, 0) is 42.8 Å². The Kier molecular flexibility index (Phi) is 3.67. The van der Waals surface area contributed by atoms with Crippen molar-refractivity contribution >= 4 is 22.9 Å². The van der Waals surface area contributed by atoms with Crippen molar-refractivity contribution in [2.45, 2.75) is 13.3 Å². The molecular weight excluding hydrogens is 246 g/mol. The molecule has 1 N–H and O–H groups in total. The van der Waals surface area contributed by atoms with Crippen molar-refractivity contribution in [2.75, 3.05) is 11.9 Å². The third kappa shape index (κ3) is 2.54. The molecule has 2 aromatic rings. The minimum atomic E-state index is -0.0228. The fourth-order valence-corrected chi connectivity index (χ4v) is 2.56. The fraction of sp³-hybridized carbons (Fsp3) is 0.214. The summed E-state index contributed by atoms with van der Waals surface area (Å²) in [7, 11) is 1.74.